The highest BCUT2D eigenvalue weighted by atomic mass is 16.3. The van der Waals surface area contributed by atoms with Crippen LogP contribution < -0.4 is 0 Å². The molecule has 0 aliphatic heterocycles. The maximum absolute atomic E-state index is 10.5. The SMILES string of the molecule is CCC(C)c1c(O)cc(C(C)(C)C)cc1C(C)(C)C. The zero-order chi connectivity index (χ0) is 15.0. The van der Waals surface area contributed by atoms with E-state index in [1.165, 1.54) is 11.1 Å². The number of hydrogen-bond acceptors (Lipinski definition) is 1. The van der Waals surface area contributed by atoms with E-state index >= 15 is 0 Å². The Balaban J connectivity index is 3.58. The number of phenols is 1. The molecule has 0 amide bonds. The molecule has 0 aliphatic rings. The lowest BCUT2D eigenvalue weighted by molar-refractivity contribution is 0.449. The Morgan fingerprint density at radius 2 is 1.53 bits per heavy atom. The third-order valence-electron chi connectivity index (χ3n) is 3.94. The number of hydrogen-bond donors (Lipinski definition) is 1. The summed E-state index contributed by atoms with van der Waals surface area (Å²) in [4.78, 5) is 0. The van der Waals surface area contributed by atoms with Gasteiger partial charge in [0.15, 0.2) is 0 Å². The van der Waals surface area contributed by atoms with Gasteiger partial charge in [-0.25, -0.2) is 0 Å². The quantitative estimate of drug-likeness (QED) is 0.746. The maximum atomic E-state index is 10.5. The predicted octanol–water partition coefficient (Wildman–Crippen LogP) is 5.50. The van der Waals surface area contributed by atoms with Crippen LogP contribution in [0.25, 0.3) is 0 Å². The molecule has 1 N–H and O–H groups in total. The third kappa shape index (κ3) is 3.52. The molecule has 0 saturated carbocycles. The van der Waals surface area contributed by atoms with Gasteiger partial charge in [0.2, 0.25) is 0 Å². The van der Waals surface area contributed by atoms with Crippen LogP contribution in [0.5, 0.6) is 5.75 Å². The van der Waals surface area contributed by atoms with E-state index in [9.17, 15) is 5.11 Å². The molecule has 0 aliphatic carbocycles. The van der Waals surface area contributed by atoms with Crippen LogP contribution in [0.15, 0.2) is 12.1 Å². The fraction of sp³-hybridized carbons (Fsp3) is 0.667. The Bertz CT molecular complexity index is 444. The molecule has 0 saturated heterocycles. The van der Waals surface area contributed by atoms with Crippen molar-refractivity contribution in [3.63, 3.8) is 0 Å². The molecule has 1 nitrogen and oxygen atoms in total. The summed E-state index contributed by atoms with van der Waals surface area (Å²) in [6, 6.07) is 4.25. The predicted molar refractivity (Wildman–Crippen MR) is 84.2 cm³/mol. The molecule has 1 heteroatoms. The van der Waals surface area contributed by atoms with Crippen molar-refractivity contribution in [2.24, 2.45) is 0 Å². The molecule has 0 bridgehead atoms. The molecule has 0 heterocycles. The Kier molecular flexibility index (Phi) is 4.39. The van der Waals surface area contributed by atoms with Crippen LogP contribution in [0.2, 0.25) is 0 Å². The van der Waals surface area contributed by atoms with Crippen LogP contribution >= 0.6 is 0 Å². The maximum Gasteiger partial charge on any atom is 0.119 e. The van der Waals surface area contributed by atoms with Gasteiger partial charge in [-0.15, -0.1) is 0 Å². The first kappa shape index (κ1) is 16.1. The molecular weight excluding hydrogens is 232 g/mol. The standard InChI is InChI=1S/C18H30O/c1-9-12(2)16-14(18(6,7)8)10-13(11-15(16)19)17(3,4)5/h10-12,19H,9H2,1-8H3. The molecular formula is C18H30O. The molecule has 0 aromatic heterocycles. The summed E-state index contributed by atoms with van der Waals surface area (Å²) < 4.78 is 0. The topological polar surface area (TPSA) is 20.2 Å². The van der Waals surface area contributed by atoms with Gasteiger partial charge in [-0.3, -0.25) is 0 Å². The van der Waals surface area contributed by atoms with Crippen LogP contribution in [-0.2, 0) is 10.8 Å². The minimum Gasteiger partial charge on any atom is -0.508 e. The van der Waals surface area contributed by atoms with E-state index in [0.717, 1.165) is 12.0 Å². The van der Waals surface area contributed by atoms with E-state index in [1.807, 2.05) is 6.07 Å². The first-order chi connectivity index (χ1) is 8.48. The van der Waals surface area contributed by atoms with Gasteiger partial charge in [-0.2, -0.15) is 0 Å². The third-order valence-corrected chi connectivity index (χ3v) is 3.94. The fourth-order valence-electron chi connectivity index (χ4n) is 2.41. The number of rotatable bonds is 2. The first-order valence-electron chi connectivity index (χ1n) is 7.36. The van der Waals surface area contributed by atoms with Gasteiger partial charge in [0, 0.05) is 5.56 Å². The monoisotopic (exact) mass is 262 g/mol. The summed E-state index contributed by atoms with van der Waals surface area (Å²) in [5.41, 5.74) is 3.74. The molecule has 1 aromatic carbocycles. The van der Waals surface area contributed by atoms with Gasteiger partial charge in [0.05, 0.1) is 0 Å². The summed E-state index contributed by atoms with van der Waals surface area (Å²) >= 11 is 0. The van der Waals surface area contributed by atoms with Gasteiger partial charge in [-0.1, -0.05) is 61.5 Å². The van der Waals surface area contributed by atoms with E-state index < -0.39 is 0 Å². The Morgan fingerprint density at radius 1 is 1.00 bits per heavy atom. The Hall–Kier alpha value is -0.980. The van der Waals surface area contributed by atoms with Crippen molar-refractivity contribution in [2.45, 2.75) is 78.6 Å². The van der Waals surface area contributed by atoms with Crippen molar-refractivity contribution in [3.05, 3.63) is 28.8 Å². The smallest absolute Gasteiger partial charge is 0.119 e. The highest BCUT2D eigenvalue weighted by Crippen LogP contribution is 2.40. The van der Waals surface area contributed by atoms with Crippen LogP contribution in [0.3, 0.4) is 0 Å². The zero-order valence-corrected chi connectivity index (χ0v) is 13.9. The second kappa shape index (κ2) is 5.19. The molecule has 0 fully saturated rings. The summed E-state index contributed by atoms with van der Waals surface area (Å²) in [5, 5.41) is 10.5. The van der Waals surface area contributed by atoms with Crippen molar-refractivity contribution < 1.29 is 5.11 Å². The average molecular weight is 262 g/mol. The summed E-state index contributed by atoms with van der Waals surface area (Å²) in [5.74, 6) is 0.856. The Labute approximate surface area is 119 Å². The summed E-state index contributed by atoms with van der Waals surface area (Å²) in [6.07, 6.45) is 1.05. The normalized spacial score (nSPS) is 14.5. The highest BCUT2D eigenvalue weighted by molar-refractivity contribution is 5.49. The van der Waals surface area contributed by atoms with Gasteiger partial charge in [0.1, 0.15) is 5.75 Å². The molecule has 0 spiro atoms. The molecule has 1 rings (SSSR count). The van der Waals surface area contributed by atoms with E-state index in [1.54, 1.807) is 0 Å². The minimum absolute atomic E-state index is 0.0531. The Morgan fingerprint density at radius 3 is 1.89 bits per heavy atom. The van der Waals surface area contributed by atoms with Crippen molar-refractivity contribution in [2.75, 3.05) is 0 Å². The van der Waals surface area contributed by atoms with Crippen molar-refractivity contribution in [1.82, 2.24) is 0 Å². The second-order valence-corrected chi connectivity index (χ2v) is 7.77. The van der Waals surface area contributed by atoms with E-state index in [-0.39, 0.29) is 10.8 Å². The lowest BCUT2D eigenvalue weighted by Gasteiger charge is -2.30. The summed E-state index contributed by atoms with van der Waals surface area (Å²) in [6.45, 7) is 17.6. The number of benzene rings is 1. The van der Waals surface area contributed by atoms with Crippen molar-refractivity contribution in [3.8, 4) is 5.75 Å². The van der Waals surface area contributed by atoms with Crippen LogP contribution in [-0.4, -0.2) is 5.11 Å². The highest BCUT2D eigenvalue weighted by Gasteiger charge is 2.26. The van der Waals surface area contributed by atoms with Gasteiger partial charge in [0.25, 0.3) is 0 Å². The fourth-order valence-corrected chi connectivity index (χ4v) is 2.41. The van der Waals surface area contributed by atoms with E-state index in [2.05, 4.69) is 61.5 Å². The van der Waals surface area contributed by atoms with Gasteiger partial charge < -0.3 is 5.11 Å². The number of phenolic OH excluding ortho intramolecular Hbond substituents is 1. The number of aromatic hydroxyl groups is 1. The molecule has 1 aromatic rings. The molecule has 1 unspecified atom stereocenters. The minimum atomic E-state index is 0.0531. The largest absolute Gasteiger partial charge is 0.508 e. The van der Waals surface area contributed by atoms with E-state index in [4.69, 9.17) is 0 Å². The van der Waals surface area contributed by atoms with Crippen LogP contribution in [0.1, 0.15) is 84.4 Å². The van der Waals surface area contributed by atoms with Crippen LogP contribution in [0, 0.1) is 0 Å². The molecule has 0 radical (unpaired) electrons. The molecule has 1 atom stereocenters. The molecule has 108 valence electrons. The first-order valence-corrected chi connectivity index (χ1v) is 7.36. The second-order valence-electron chi connectivity index (χ2n) is 7.77. The van der Waals surface area contributed by atoms with Crippen molar-refractivity contribution in [1.29, 1.82) is 0 Å². The van der Waals surface area contributed by atoms with E-state index in [0.29, 0.717) is 11.7 Å². The van der Waals surface area contributed by atoms with Crippen LogP contribution in [0.4, 0.5) is 0 Å². The summed E-state index contributed by atoms with van der Waals surface area (Å²) in [7, 11) is 0. The lowest BCUT2D eigenvalue weighted by atomic mass is 9.75. The van der Waals surface area contributed by atoms with Gasteiger partial charge >= 0.3 is 0 Å². The van der Waals surface area contributed by atoms with Crippen molar-refractivity contribution >= 4 is 0 Å². The van der Waals surface area contributed by atoms with Gasteiger partial charge in [-0.05, 0) is 40.4 Å². The lowest BCUT2D eigenvalue weighted by Crippen LogP contribution is -2.19. The molecule has 19 heavy (non-hydrogen) atoms. The zero-order valence-electron chi connectivity index (χ0n) is 13.9. The average Bonchev–Trinajstić information content (AvgIpc) is 2.24.